The van der Waals surface area contributed by atoms with Gasteiger partial charge in [0, 0.05) is 17.2 Å². The van der Waals surface area contributed by atoms with Gasteiger partial charge in [-0.05, 0) is 88.0 Å². The summed E-state index contributed by atoms with van der Waals surface area (Å²) in [5, 5.41) is 3.01. The fraction of sp³-hybridized carbons (Fsp3) is 0.481. The van der Waals surface area contributed by atoms with E-state index in [9.17, 15) is 9.59 Å². The molecule has 3 rings (SSSR count). The number of rotatable bonds is 10. The van der Waals surface area contributed by atoms with Crippen LogP contribution in [0.25, 0.3) is 0 Å². The highest BCUT2D eigenvalue weighted by Gasteiger charge is 2.20. The van der Waals surface area contributed by atoms with Crippen molar-refractivity contribution < 1.29 is 14.3 Å². The lowest BCUT2D eigenvalue weighted by Crippen LogP contribution is -2.33. The standard InChI is InChI=1S/C27H36N2O3/c1-20(2)27(31)28-25-10-6-9-24(18-25)22-12-15-29(16-13-22)14-4-5-17-32-26-11-7-8-23(19-26)21(3)30/h6-11,18-20,22H,4-5,12-17H2,1-3H3,(H,28,31). The zero-order chi connectivity index (χ0) is 22.9. The molecule has 1 aliphatic heterocycles. The summed E-state index contributed by atoms with van der Waals surface area (Å²) in [6.07, 6.45) is 4.40. The molecule has 1 amide bonds. The second-order valence-electron chi connectivity index (χ2n) is 9.02. The van der Waals surface area contributed by atoms with E-state index < -0.39 is 0 Å². The number of likely N-dealkylation sites (tertiary alicyclic amines) is 1. The molecular weight excluding hydrogens is 400 g/mol. The number of ether oxygens (including phenoxy) is 1. The highest BCUT2D eigenvalue weighted by atomic mass is 16.5. The number of nitrogens with zero attached hydrogens (tertiary/aromatic N) is 1. The first-order valence-corrected chi connectivity index (χ1v) is 11.8. The molecule has 0 spiro atoms. The third-order valence-electron chi connectivity index (χ3n) is 6.12. The maximum Gasteiger partial charge on any atom is 0.226 e. The lowest BCUT2D eigenvalue weighted by atomic mass is 9.89. The molecule has 1 saturated heterocycles. The molecule has 1 aliphatic rings. The molecule has 0 atom stereocenters. The normalized spacial score (nSPS) is 15.0. The summed E-state index contributed by atoms with van der Waals surface area (Å²) >= 11 is 0. The average molecular weight is 437 g/mol. The van der Waals surface area contributed by atoms with Gasteiger partial charge < -0.3 is 15.0 Å². The number of anilines is 1. The Morgan fingerprint density at radius 3 is 2.53 bits per heavy atom. The molecule has 32 heavy (non-hydrogen) atoms. The monoisotopic (exact) mass is 436 g/mol. The number of hydrogen-bond donors (Lipinski definition) is 1. The summed E-state index contributed by atoms with van der Waals surface area (Å²) in [7, 11) is 0. The molecular formula is C27H36N2O3. The molecule has 1 N–H and O–H groups in total. The van der Waals surface area contributed by atoms with E-state index in [2.05, 4.69) is 22.3 Å². The molecule has 0 unspecified atom stereocenters. The van der Waals surface area contributed by atoms with Crippen LogP contribution in [0.4, 0.5) is 5.69 Å². The summed E-state index contributed by atoms with van der Waals surface area (Å²) in [6, 6.07) is 15.7. The van der Waals surface area contributed by atoms with Crippen molar-refractivity contribution in [3.63, 3.8) is 0 Å². The first-order chi connectivity index (χ1) is 15.4. The van der Waals surface area contributed by atoms with E-state index in [4.69, 9.17) is 4.74 Å². The highest BCUT2D eigenvalue weighted by molar-refractivity contribution is 5.94. The van der Waals surface area contributed by atoms with E-state index in [1.165, 1.54) is 5.56 Å². The maximum absolute atomic E-state index is 12.0. The lowest BCUT2D eigenvalue weighted by Gasteiger charge is -2.32. The van der Waals surface area contributed by atoms with Crippen LogP contribution in [0, 0.1) is 5.92 Å². The number of carbonyl (C=O) groups is 2. The molecule has 2 aromatic carbocycles. The molecule has 0 bridgehead atoms. The molecule has 0 aliphatic carbocycles. The van der Waals surface area contributed by atoms with Crippen molar-refractivity contribution in [2.45, 2.75) is 52.4 Å². The summed E-state index contributed by atoms with van der Waals surface area (Å²) in [5.41, 5.74) is 2.92. The molecule has 2 aromatic rings. The number of unbranched alkanes of at least 4 members (excludes halogenated alkanes) is 1. The lowest BCUT2D eigenvalue weighted by molar-refractivity contribution is -0.118. The van der Waals surface area contributed by atoms with Crippen molar-refractivity contribution >= 4 is 17.4 Å². The van der Waals surface area contributed by atoms with Crippen LogP contribution in [0.2, 0.25) is 0 Å². The van der Waals surface area contributed by atoms with Gasteiger partial charge in [-0.15, -0.1) is 0 Å². The zero-order valence-electron chi connectivity index (χ0n) is 19.6. The van der Waals surface area contributed by atoms with Gasteiger partial charge in [0.15, 0.2) is 5.78 Å². The number of amides is 1. The molecule has 172 valence electrons. The first kappa shape index (κ1) is 24.0. The Morgan fingerprint density at radius 2 is 1.81 bits per heavy atom. The predicted molar refractivity (Wildman–Crippen MR) is 130 cm³/mol. The Bertz CT molecular complexity index is 901. The van der Waals surface area contributed by atoms with Crippen LogP contribution in [0.5, 0.6) is 5.75 Å². The van der Waals surface area contributed by atoms with Crippen LogP contribution < -0.4 is 10.1 Å². The molecule has 0 saturated carbocycles. The molecule has 0 aromatic heterocycles. The number of benzene rings is 2. The topological polar surface area (TPSA) is 58.6 Å². The summed E-state index contributed by atoms with van der Waals surface area (Å²) < 4.78 is 5.81. The van der Waals surface area contributed by atoms with Gasteiger partial charge in [0.05, 0.1) is 6.61 Å². The van der Waals surface area contributed by atoms with Crippen molar-refractivity contribution in [3.8, 4) is 5.75 Å². The number of nitrogens with one attached hydrogen (secondary N) is 1. The van der Waals surface area contributed by atoms with Crippen molar-refractivity contribution in [1.82, 2.24) is 4.90 Å². The summed E-state index contributed by atoms with van der Waals surface area (Å²) in [4.78, 5) is 26.0. The van der Waals surface area contributed by atoms with Crippen LogP contribution in [0.3, 0.4) is 0 Å². The third kappa shape index (κ3) is 7.20. The van der Waals surface area contributed by atoms with E-state index in [1.54, 1.807) is 6.92 Å². The van der Waals surface area contributed by atoms with Gasteiger partial charge in [-0.1, -0.05) is 38.1 Å². The molecule has 1 fully saturated rings. The average Bonchev–Trinajstić information content (AvgIpc) is 2.79. The second-order valence-corrected chi connectivity index (χ2v) is 9.02. The minimum Gasteiger partial charge on any atom is -0.494 e. The van der Waals surface area contributed by atoms with Gasteiger partial charge in [-0.2, -0.15) is 0 Å². The second kappa shape index (κ2) is 11.8. The Balaban J connectivity index is 1.36. The number of hydrogen-bond acceptors (Lipinski definition) is 4. The van der Waals surface area contributed by atoms with Gasteiger partial charge in [-0.25, -0.2) is 0 Å². The van der Waals surface area contributed by atoms with Crippen molar-refractivity contribution in [1.29, 1.82) is 0 Å². The smallest absolute Gasteiger partial charge is 0.226 e. The summed E-state index contributed by atoms with van der Waals surface area (Å²) in [6.45, 7) is 9.37. The minimum absolute atomic E-state index is 0.0157. The van der Waals surface area contributed by atoms with E-state index >= 15 is 0 Å². The molecule has 5 heteroatoms. The van der Waals surface area contributed by atoms with Crippen LogP contribution >= 0.6 is 0 Å². The van der Waals surface area contributed by atoms with E-state index in [1.807, 2.05) is 50.2 Å². The van der Waals surface area contributed by atoms with E-state index in [-0.39, 0.29) is 17.6 Å². The van der Waals surface area contributed by atoms with Gasteiger partial charge >= 0.3 is 0 Å². The fourth-order valence-electron chi connectivity index (χ4n) is 4.08. The first-order valence-electron chi connectivity index (χ1n) is 11.8. The van der Waals surface area contributed by atoms with E-state index in [0.717, 1.165) is 56.8 Å². The molecule has 1 heterocycles. The largest absolute Gasteiger partial charge is 0.494 e. The SMILES string of the molecule is CC(=O)c1cccc(OCCCCN2CCC(c3cccc(NC(=O)C(C)C)c3)CC2)c1. The number of carbonyl (C=O) groups excluding carboxylic acids is 2. The van der Waals surface area contributed by atoms with Gasteiger partial charge in [-0.3, -0.25) is 9.59 Å². The van der Waals surface area contributed by atoms with Crippen LogP contribution in [0.1, 0.15) is 68.3 Å². The predicted octanol–water partition coefficient (Wildman–Crippen LogP) is 5.52. The Morgan fingerprint density at radius 1 is 1.06 bits per heavy atom. The Labute approximate surface area is 192 Å². The van der Waals surface area contributed by atoms with Crippen LogP contribution in [-0.2, 0) is 4.79 Å². The number of ketones is 1. The zero-order valence-corrected chi connectivity index (χ0v) is 19.6. The van der Waals surface area contributed by atoms with Crippen molar-refractivity contribution in [2.75, 3.05) is 31.6 Å². The highest BCUT2D eigenvalue weighted by Crippen LogP contribution is 2.29. The van der Waals surface area contributed by atoms with Crippen LogP contribution in [-0.4, -0.2) is 42.8 Å². The summed E-state index contributed by atoms with van der Waals surface area (Å²) in [5.74, 6) is 1.43. The Hall–Kier alpha value is -2.66. The fourth-order valence-corrected chi connectivity index (χ4v) is 4.08. The van der Waals surface area contributed by atoms with Crippen molar-refractivity contribution in [2.24, 2.45) is 5.92 Å². The third-order valence-corrected chi connectivity index (χ3v) is 6.12. The molecule has 5 nitrogen and oxygen atoms in total. The molecule has 0 radical (unpaired) electrons. The maximum atomic E-state index is 12.0. The van der Waals surface area contributed by atoms with Crippen LogP contribution in [0.15, 0.2) is 48.5 Å². The number of piperidine rings is 1. The van der Waals surface area contributed by atoms with Gasteiger partial charge in [0.2, 0.25) is 5.91 Å². The quantitative estimate of drug-likeness (QED) is 0.393. The van der Waals surface area contributed by atoms with E-state index in [0.29, 0.717) is 18.1 Å². The van der Waals surface area contributed by atoms with Gasteiger partial charge in [0.25, 0.3) is 0 Å². The van der Waals surface area contributed by atoms with Gasteiger partial charge in [0.1, 0.15) is 5.75 Å². The minimum atomic E-state index is -0.0157. The van der Waals surface area contributed by atoms with Crippen molar-refractivity contribution in [3.05, 3.63) is 59.7 Å². The Kier molecular flexibility index (Phi) is 8.86. The number of Topliss-reactive ketones (excluding diaryl/α,β-unsaturated/α-hetero) is 1.